The molecule has 2 aromatic rings. The van der Waals surface area contributed by atoms with Crippen molar-refractivity contribution in [3.05, 3.63) is 41.4 Å². The molecule has 0 aromatic heterocycles. The minimum absolute atomic E-state index is 0.414. The Bertz CT molecular complexity index is 556. The molecule has 5 heteroatoms. The van der Waals surface area contributed by atoms with Crippen molar-refractivity contribution in [3.63, 3.8) is 0 Å². The summed E-state index contributed by atoms with van der Waals surface area (Å²) in [6.45, 7) is 0. The van der Waals surface area contributed by atoms with Crippen LogP contribution in [0.2, 0.25) is 5.02 Å². The zero-order valence-corrected chi connectivity index (χ0v) is 10.6. The SMILES string of the molecule is COc1ccc(Oc2cc(N)c(N)cc2Cl)cc1. The van der Waals surface area contributed by atoms with E-state index in [0.717, 1.165) is 5.75 Å². The van der Waals surface area contributed by atoms with Crippen molar-refractivity contribution in [2.75, 3.05) is 18.6 Å². The third kappa shape index (κ3) is 2.60. The lowest BCUT2D eigenvalue weighted by Gasteiger charge is -2.10. The standard InChI is InChI=1S/C13H13ClN2O2/c1-17-8-2-4-9(5-3-8)18-13-7-12(16)11(15)6-10(13)14/h2-7H,15-16H2,1H3. The molecule has 4 N–H and O–H groups in total. The van der Waals surface area contributed by atoms with E-state index in [4.69, 9.17) is 32.5 Å². The summed E-state index contributed by atoms with van der Waals surface area (Å²) < 4.78 is 10.7. The summed E-state index contributed by atoms with van der Waals surface area (Å²) in [5, 5.41) is 0.414. The van der Waals surface area contributed by atoms with Crippen LogP contribution in [0.25, 0.3) is 0 Å². The first-order valence-corrected chi connectivity index (χ1v) is 5.64. The van der Waals surface area contributed by atoms with Gasteiger partial charge in [-0.05, 0) is 30.3 Å². The summed E-state index contributed by atoms with van der Waals surface area (Å²) in [6, 6.07) is 10.3. The van der Waals surface area contributed by atoms with Crippen molar-refractivity contribution in [2.24, 2.45) is 0 Å². The minimum atomic E-state index is 0.414. The van der Waals surface area contributed by atoms with Crippen molar-refractivity contribution >= 4 is 23.0 Å². The Hall–Kier alpha value is -2.07. The van der Waals surface area contributed by atoms with E-state index in [0.29, 0.717) is 27.9 Å². The molecule has 94 valence electrons. The number of methoxy groups -OCH3 is 1. The van der Waals surface area contributed by atoms with Gasteiger partial charge in [0.1, 0.15) is 17.2 Å². The van der Waals surface area contributed by atoms with Crippen LogP contribution in [0.5, 0.6) is 17.2 Å². The zero-order valence-electron chi connectivity index (χ0n) is 9.81. The summed E-state index contributed by atoms with van der Waals surface area (Å²) in [7, 11) is 1.60. The molecule has 0 aliphatic heterocycles. The summed E-state index contributed by atoms with van der Waals surface area (Å²) in [5.41, 5.74) is 12.2. The van der Waals surface area contributed by atoms with Gasteiger partial charge in [0.25, 0.3) is 0 Å². The molecular formula is C13H13ClN2O2. The van der Waals surface area contributed by atoms with Crippen LogP contribution >= 0.6 is 11.6 Å². The summed E-state index contributed by atoms with van der Waals surface area (Å²) in [6.07, 6.45) is 0. The van der Waals surface area contributed by atoms with Gasteiger partial charge in [-0.15, -0.1) is 0 Å². The molecule has 0 saturated carbocycles. The van der Waals surface area contributed by atoms with Crippen LogP contribution < -0.4 is 20.9 Å². The lowest BCUT2D eigenvalue weighted by atomic mass is 10.2. The van der Waals surface area contributed by atoms with E-state index >= 15 is 0 Å². The second-order valence-corrected chi connectivity index (χ2v) is 4.10. The van der Waals surface area contributed by atoms with Gasteiger partial charge in [-0.25, -0.2) is 0 Å². The molecule has 0 unspecified atom stereocenters. The summed E-state index contributed by atoms with van der Waals surface area (Å²) in [5.74, 6) is 1.86. The van der Waals surface area contributed by atoms with E-state index in [9.17, 15) is 0 Å². The predicted octanol–water partition coefficient (Wildman–Crippen LogP) is 3.31. The maximum atomic E-state index is 6.02. The van der Waals surface area contributed by atoms with Crippen LogP contribution in [0.15, 0.2) is 36.4 Å². The Labute approximate surface area is 110 Å². The molecule has 0 fully saturated rings. The third-order valence-electron chi connectivity index (χ3n) is 2.42. The molecule has 4 nitrogen and oxygen atoms in total. The highest BCUT2D eigenvalue weighted by molar-refractivity contribution is 6.32. The number of rotatable bonds is 3. The van der Waals surface area contributed by atoms with Gasteiger partial charge >= 0.3 is 0 Å². The zero-order chi connectivity index (χ0) is 13.1. The number of benzene rings is 2. The first kappa shape index (κ1) is 12.4. The van der Waals surface area contributed by atoms with Gasteiger partial charge in [0.05, 0.1) is 23.5 Å². The van der Waals surface area contributed by atoms with Crippen molar-refractivity contribution in [2.45, 2.75) is 0 Å². The van der Waals surface area contributed by atoms with Crippen LogP contribution in [0, 0.1) is 0 Å². The number of halogens is 1. The summed E-state index contributed by atoms with van der Waals surface area (Å²) in [4.78, 5) is 0. The molecule has 0 heterocycles. The predicted molar refractivity (Wildman–Crippen MR) is 73.3 cm³/mol. The Morgan fingerprint density at radius 2 is 1.50 bits per heavy atom. The minimum Gasteiger partial charge on any atom is -0.497 e. The highest BCUT2D eigenvalue weighted by Crippen LogP contribution is 2.34. The van der Waals surface area contributed by atoms with Gasteiger partial charge in [-0.2, -0.15) is 0 Å². The van der Waals surface area contributed by atoms with Gasteiger partial charge in [0.2, 0.25) is 0 Å². The molecular weight excluding hydrogens is 252 g/mol. The molecule has 2 rings (SSSR count). The maximum Gasteiger partial charge on any atom is 0.148 e. The van der Waals surface area contributed by atoms with Gasteiger partial charge in [-0.1, -0.05) is 11.6 Å². The molecule has 18 heavy (non-hydrogen) atoms. The first-order chi connectivity index (χ1) is 8.60. The van der Waals surface area contributed by atoms with Crippen molar-refractivity contribution in [1.29, 1.82) is 0 Å². The molecule has 0 bridgehead atoms. The van der Waals surface area contributed by atoms with Gasteiger partial charge < -0.3 is 20.9 Å². The van der Waals surface area contributed by atoms with E-state index in [1.54, 1.807) is 43.5 Å². The fourth-order valence-electron chi connectivity index (χ4n) is 1.43. The van der Waals surface area contributed by atoms with E-state index in [1.807, 2.05) is 0 Å². The number of ether oxygens (including phenoxy) is 2. The van der Waals surface area contributed by atoms with Crippen LogP contribution in [0.4, 0.5) is 11.4 Å². The fraction of sp³-hybridized carbons (Fsp3) is 0.0769. The Balaban J connectivity index is 2.25. The van der Waals surface area contributed by atoms with Crippen LogP contribution in [-0.4, -0.2) is 7.11 Å². The number of nitrogens with two attached hydrogens (primary N) is 2. The van der Waals surface area contributed by atoms with Crippen molar-refractivity contribution in [3.8, 4) is 17.2 Å². The number of nitrogen functional groups attached to an aromatic ring is 2. The molecule has 0 radical (unpaired) electrons. The van der Waals surface area contributed by atoms with Gasteiger partial charge in [0.15, 0.2) is 0 Å². The third-order valence-corrected chi connectivity index (χ3v) is 2.72. The highest BCUT2D eigenvalue weighted by Gasteiger charge is 2.07. The van der Waals surface area contributed by atoms with Gasteiger partial charge in [-0.3, -0.25) is 0 Å². The molecule has 0 spiro atoms. The maximum absolute atomic E-state index is 6.02. The average Bonchev–Trinajstić information content (AvgIpc) is 2.37. The largest absolute Gasteiger partial charge is 0.497 e. The van der Waals surface area contributed by atoms with Crippen LogP contribution in [0.1, 0.15) is 0 Å². The first-order valence-electron chi connectivity index (χ1n) is 5.26. The topological polar surface area (TPSA) is 70.5 Å². The normalized spacial score (nSPS) is 10.1. The van der Waals surface area contributed by atoms with Crippen LogP contribution in [-0.2, 0) is 0 Å². The average molecular weight is 265 g/mol. The quantitative estimate of drug-likeness (QED) is 0.835. The number of anilines is 2. The molecule has 2 aromatic carbocycles. The van der Waals surface area contributed by atoms with Gasteiger partial charge in [0, 0.05) is 6.07 Å². The lowest BCUT2D eigenvalue weighted by Crippen LogP contribution is -1.96. The van der Waals surface area contributed by atoms with E-state index < -0.39 is 0 Å². The second-order valence-electron chi connectivity index (χ2n) is 3.69. The smallest absolute Gasteiger partial charge is 0.148 e. The second kappa shape index (κ2) is 5.06. The molecule has 0 aliphatic carbocycles. The van der Waals surface area contributed by atoms with Crippen LogP contribution in [0.3, 0.4) is 0 Å². The fourth-order valence-corrected chi connectivity index (χ4v) is 1.64. The van der Waals surface area contributed by atoms with E-state index in [2.05, 4.69) is 0 Å². The molecule has 0 saturated heterocycles. The number of hydrogen-bond donors (Lipinski definition) is 2. The Morgan fingerprint density at radius 1 is 0.944 bits per heavy atom. The van der Waals surface area contributed by atoms with E-state index in [-0.39, 0.29) is 0 Å². The Kier molecular flexibility index (Phi) is 3.48. The monoisotopic (exact) mass is 264 g/mol. The number of hydrogen-bond acceptors (Lipinski definition) is 4. The van der Waals surface area contributed by atoms with E-state index in [1.165, 1.54) is 0 Å². The highest BCUT2D eigenvalue weighted by atomic mass is 35.5. The van der Waals surface area contributed by atoms with Crippen molar-refractivity contribution < 1.29 is 9.47 Å². The molecule has 0 atom stereocenters. The Morgan fingerprint density at radius 3 is 2.11 bits per heavy atom. The lowest BCUT2D eigenvalue weighted by molar-refractivity contribution is 0.413. The summed E-state index contributed by atoms with van der Waals surface area (Å²) >= 11 is 6.02. The molecule has 0 amide bonds. The van der Waals surface area contributed by atoms with Crippen molar-refractivity contribution in [1.82, 2.24) is 0 Å². The molecule has 0 aliphatic rings.